The molecule has 3 aliphatic carbocycles. The Bertz CT molecular complexity index is 711. The fourth-order valence-corrected chi connectivity index (χ4v) is 7.35. The van der Waals surface area contributed by atoms with Crippen LogP contribution in [-0.2, 0) is 9.59 Å². The molecule has 3 N–H and O–H groups in total. The number of carbonyl (C=O) groups is 2. The Kier molecular flexibility index (Phi) is 4.50. The summed E-state index contributed by atoms with van der Waals surface area (Å²) in [6, 6.07) is 0.103. The second kappa shape index (κ2) is 6.32. The molecule has 0 saturated heterocycles. The molecule has 4 aliphatic rings. The normalized spacial score (nSPS) is 47.6. The van der Waals surface area contributed by atoms with Crippen LogP contribution in [0.3, 0.4) is 0 Å². The maximum absolute atomic E-state index is 13.1. The maximum atomic E-state index is 13.1. The first-order chi connectivity index (χ1) is 13.0. The third kappa shape index (κ3) is 2.92. The molecule has 5 nitrogen and oxygen atoms in total. The number of hydrogen-bond donors (Lipinski definition) is 3. The van der Waals surface area contributed by atoms with Crippen LogP contribution in [0.2, 0.25) is 0 Å². The van der Waals surface area contributed by atoms with Gasteiger partial charge < -0.3 is 15.7 Å². The van der Waals surface area contributed by atoms with Gasteiger partial charge in [0.1, 0.15) is 0 Å². The summed E-state index contributed by atoms with van der Waals surface area (Å²) in [5.74, 6) is 1.11. The number of rotatable bonds is 1. The lowest BCUT2D eigenvalue weighted by Crippen LogP contribution is -2.63. The Morgan fingerprint density at radius 3 is 2.61 bits per heavy atom. The van der Waals surface area contributed by atoms with Crippen molar-refractivity contribution in [3.63, 3.8) is 0 Å². The highest BCUT2D eigenvalue weighted by molar-refractivity contribution is 5.89. The van der Waals surface area contributed by atoms with Gasteiger partial charge in [-0.05, 0) is 82.1 Å². The van der Waals surface area contributed by atoms with Crippen molar-refractivity contribution < 1.29 is 14.7 Å². The van der Waals surface area contributed by atoms with Crippen LogP contribution in [0.25, 0.3) is 0 Å². The zero-order chi connectivity index (χ0) is 20.5. The molecule has 3 saturated carbocycles. The molecule has 0 bridgehead atoms. The zero-order valence-corrected chi connectivity index (χ0v) is 17.9. The van der Waals surface area contributed by atoms with Crippen LogP contribution in [0.15, 0.2) is 12.2 Å². The summed E-state index contributed by atoms with van der Waals surface area (Å²) in [4.78, 5) is 24.9. The summed E-state index contributed by atoms with van der Waals surface area (Å²) in [7, 11) is 0. The summed E-state index contributed by atoms with van der Waals surface area (Å²) in [5.41, 5.74) is -0.595. The van der Waals surface area contributed by atoms with Gasteiger partial charge in [0, 0.05) is 22.9 Å². The van der Waals surface area contributed by atoms with Crippen molar-refractivity contribution in [2.45, 2.75) is 84.4 Å². The zero-order valence-electron chi connectivity index (χ0n) is 17.9. The van der Waals surface area contributed by atoms with E-state index >= 15 is 0 Å². The van der Waals surface area contributed by atoms with Crippen molar-refractivity contribution in [2.75, 3.05) is 0 Å². The average molecular weight is 389 g/mol. The van der Waals surface area contributed by atoms with Gasteiger partial charge in [0.05, 0.1) is 6.10 Å². The van der Waals surface area contributed by atoms with Crippen molar-refractivity contribution >= 4 is 11.8 Å². The lowest BCUT2D eigenvalue weighted by atomic mass is 9.47. The quantitative estimate of drug-likeness (QED) is 0.646. The number of carbonyl (C=O) groups excluding carboxylic acids is 2. The van der Waals surface area contributed by atoms with E-state index in [2.05, 4.69) is 30.6 Å². The van der Waals surface area contributed by atoms with Gasteiger partial charge in [0.25, 0.3) is 0 Å². The molecule has 1 heterocycles. The van der Waals surface area contributed by atoms with Gasteiger partial charge in [0.15, 0.2) is 0 Å². The van der Waals surface area contributed by atoms with E-state index < -0.39 is 6.10 Å². The molecule has 3 fully saturated rings. The molecule has 0 radical (unpaired) electrons. The van der Waals surface area contributed by atoms with E-state index in [4.69, 9.17) is 0 Å². The van der Waals surface area contributed by atoms with Crippen molar-refractivity contribution in [1.82, 2.24) is 10.6 Å². The number of fused-ring (bicyclic) bond motifs is 5. The molecule has 0 aromatic rings. The van der Waals surface area contributed by atoms with E-state index in [1.54, 1.807) is 6.08 Å². The SMILES string of the molecule is CC(C)(C)NC(=O)[C@H]1CC[C@H]2[C@@H]3CC[C@H]4NC(=O)C=C[C@]4(C)[C@H]3[C@H](O)C[C@]12C. The summed E-state index contributed by atoms with van der Waals surface area (Å²) in [5, 5.41) is 17.7. The molecule has 28 heavy (non-hydrogen) atoms. The average Bonchev–Trinajstić information content (AvgIpc) is 2.90. The van der Waals surface area contributed by atoms with Crippen molar-refractivity contribution in [3.8, 4) is 0 Å². The molecule has 156 valence electrons. The second-order valence-corrected chi connectivity index (χ2v) is 11.3. The predicted molar refractivity (Wildman–Crippen MR) is 108 cm³/mol. The molecule has 5 heteroatoms. The Labute approximate surface area is 168 Å². The van der Waals surface area contributed by atoms with Gasteiger partial charge in [0.2, 0.25) is 11.8 Å². The lowest BCUT2D eigenvalue weighted by Gasteiger charge is -2.60. The summed E-state index contributed by atoms with van der Waals surface area (Å²) in [6.07, 6.45) is 7.86. The Morgan fingerprint density at radius 2 is 1.93 bits per heavy atom. The predicted octanol–water partition coefficient (Wildman–Crippen LogP) is 2.79. The Balaban J connectivity index is 1.63. The fourth-order valence-electron chi connectivity index (χ4n) is 7.35. The molecule has 0 aromatic heterocycles. The van der Waals surface area contributed by atoms with Crippen LogP contribution in [0.4, 0.5) is 0 Å². The molecule has 0 aromatic carbocycles. The number of amides is 2. The standard InChI is InChI=1S/C23H36N2O3/c1-21(2,3)25-20(28)15-8-7-14-13-6-9-17-22(4,11-10-18(27)24-17)19(13)16(26)12-23(14,15)5/h10-11,13-17,19,26H,6-9,12H2,1-5H3,(H,24,27)(H,25,28)/t13-,14-,15+,16+,17+,19+,22-,23-/m0/s1. The minimum absolute atomic E-state index is 0.0177. The summed E-state index contributed by atoms with van der Waals surface area (Å²) >= 11 is 0. The van der Waals surface area contributed by atoms with E-state index in [0.717, 1.165) is 25.7 Å². The number of aliphatic hydroxyl groups excluding tert-OH is 1. The van der Waals surface area contributed by atoms with Gasteiger partial charge in [-0.1, -0.05) is 19.9 Å². The molecule has 4 rings (SSSR count). The largest absolute Gasteiger partial charge is 0.393 e. The highest BCUT2D eigenvalue weighted by Crippen LogP contribution is 2.65. The fraction of sp³-hybridized carbons (Fsp3) is 0.826. The van der Waals surface area contributed by atoms with Gasteiger partial charge in [-0.3, -0.25) is 9.59 Å². The highest BCUT2D eigenvalue weighted by atomic mass is 16.3. The third-order valence-electron chi connectivity index (χ3n) is 8.43. The Hall–Kier alpha value is -1.36. The third-order valence-corrected chi connectivity index (χ3v) is 8.43. The minimum Gasteiger partial charge on any atom is -0.393 e. The van der Waals surface area contributed by atoms with Crippen LogP contribution in [0.1, 0.15) is 66.7 Å². The van der Waals surface area contributed by atoms with Gasteiger partial charge >= 0.3 is 0 Å². The first-order valence-corrected chi connectivity index (χ1v) is 11.0. The number of aliphatic hydroxyl groups is 1. The monoisotopic (exact) mass is 388 g/mol. The Morgan fingerprint density at radius 1 is 1.21 bits per heavy atom. The number of nitrogens with one attached hydrogen (secondary N) is 2. The van der Waals surface area contributed by atoms with Crippen molar-refractivity contribution in [1.29, 1.82) is 0 Å². The summed E-state index contributed by atoms with van der Waals surface area (Å²) in [6.45, 7) is 10.5. The van der Waals surface area contributed by atoms with Crippen molar-refractivity contribution in [3.05, 3.63) is 12.2 Å². The minimum atomic E-state index is -0.443. The van der Waals surface area contributed by atoms with E-state index in [9.17, 15) is 14.7 Å². The second-order valence-electron chi connectivity index (χ2n) is 11.3. The van der Waals surface area contributed by atoms with E-state index in [1.165, 1.54) is 0 Å². The smallest absolute Gasteiger partial charge is 0.243 e. The van der Waals surface area contributed by atoms with Gasteiger partial charge in [-0.25, -0.2) is 0 Å². The van der Waals surface area contributed by atoms with Crippen LogP contribution < -0.4 is 10.6 Å². The van der Waals surface area contributed by atoms with E-state index in [0.29, 0.717) is 18.3 Å². The van der Waals surface area contributed by atoms with Crippen molar-refractivity contribution in [2.24, 2.45) is 34.5 Å². The molecule has 0 spiro atoms. The molecular formula is C23H36N2O3. The summed E-state index contributed by atoms with van der Waals surface area (Å²) < 4.78 is 0. The lowest BCUT2D eigenvalue weighted by molar-refractivity contribution is -0.152. The van der Waals surface area contributed by atoms with Gasteiger partial charge in [-0.2, -0.15) is 0 Å². The topological polar surface area (TPSA) is 78.4 Å². The highest BCUT2D eigenvalue weighted by Gasteiger charge is 2.63. The van der Waals surface area contributed by atoms with E-state index in [1.807, 2.05) is 20.8 Å². The van der Waals surface area contributed by atoms with Crippen LogP contribution in [-0.4, -0.2) is 34.6 Å². The van der Waals surface area contributed by atoms with E-state index in [-0.39, 0.29) is 46.1 Å². The molecule has 1 aliphatic heterocycles. The van der Waals surface area contributed by atoms with Gasteiger partial charge in [-0.15, -0.1) is 0 Å². The maximum Gasteiger partial charge on any atom is 0.243 e. The molecule has 8 atom stereocenters. The van der Waals surface area contributed by atoms with Crippen LogP contribution >= 0.6 is 0 Å². The number of hydrogen-bond acceptors (Lipinski definition) is 3. The first kappa shape index (κ1) is 19.9. The van der Waals surface area contributed by atoms with Crippen LogP contribution in [0.5, 0.6) is 0 Å². The molecule has 0 unspecified atom stereocenters. The molecular weight excluding hydrogens is 352 g/mol. The van der Waals surface area contributed by atoms with Crippen LogP contribution in [0, 0.1) is 34.5 Å². The first-order valence-electron chi connectivity index (χ1n) is 11.0. The molecule has 2 amide bonds.